The van der Waals surface area contributed by atoms with Crippen LogP contribution in [0.2, 0.25) is 0 Å². The van der Waals surface area contributed by atoms with E-state index in [9.17, 15) is 88.2 Å². The molecule has 3 aromatic rings. The maximum Gasteiger partial charge on any atom is 0.328 e. The second kappa shape index (κ2) is 30.6. The fourth-order valence-corrected chi connectivity index (χ4v) is 8.68. The predicted molar refractivity (Wildman–Crippen MR) is 282 cm³/mol. The van der Waals surface area contributed by atoms with Crippen LogP contribution in [-0.4, -0.2) is 198 Å². The van der Waals surface area contributed by atoms with Gasteiger partial charge in [0.05, 0.1) is 38.7 Å². The summed E-state index contributed by atoms with van der Waals surface area (Å²) in [7, 11) is 0. The lowest BCUT2D eigenvalue weighted by Crippen LogP contribution is -2.62. The molecule has 1 saturated heterocycles. The highest BCUT2D eigenvalue weighted by Crippen LogP contribution is 2.22. The summed E-state index contributed by atoms with van der Waals surface area (Å²) in [5.74, 6) is -14.6. The monoisotopic (exact) mass is 1140 g/mol. The zero-order valence-corrected chi connectivity index (χ0v) is 44.5. The summed E-state index contributed by atoms with van der Waals surface area (Å²) in [6.07, 6.45) is -2.02. The van der Waals surface area contributed by atoms with Gasteiger partial charge in [0.15, 0.2) is 6.04 Å². The van der Waals surface area contributed by atoms with Crippen LogP contribution in [0.1, 0.15) is 64.0 Å². The molecule has 0 radical (unpaired) electrons. The smallest absolute Gasteiger partial charge is 0.328 e. The van der Waals surface area contributed by atoms with Crippen molar-refractivity contribution in [1.82, 2.24) is 52.4 Å². The predicted octanol–water partition coefficient (Wildman–Crippen LogP) is -5.67. The number of hydrogen-bond donors (Lipinski definition) is 17. The number of aliphatic hydroxyl groups is 3. The van der Waals surface area contributed by atoms with E-state index in [2.05, 4.69) is 47.5 Å². The number of carbonyl (C=O) groups is 12. The lowest BCUT2D eigenvalue weighted by molar-refractivity contribution is -0.145. The zero-order chi connectivity index (χ0) is 60.2. The van der Waals surface area contributed by atoms with Crippen LogP contribution >= 0.6 is 0 Å². The zero-order valence-electron chi connectivity index (χ0n) is 44.5. The van der Waals surface area contributed by atoms with Crippen LogP contribution in [-0.2, 0) is 70.4 Å². The van der Waals surface area contributed by atoms with E-state index in [1.807, 2.05) is 0 Å². The summed E-state index contributed by atoms with van der Waals surface area (Å²) in [6, 6.07) is -2.64. The van der Waals surface area contributed by atoms with E-state index in [1.54, 1.807) is 37.4 Å². The third-order valence-corrected chi connectivity index (χ3v) is 13.3. The van der Waals surface area contributed by atoms with Gasteiger partial charge in [0.2, 0.25) is 59.1 Å². The first-order valence-electron chi connectivity index (χ1n) is 25.7. The molecule has 0 spiro atoms. The van der Waals surface area contributed by atoms with E-state index in [1.165, 1.54) is 31.2 Å². The van der Waals surface area contributed by atoms with Gasteiger partial charge in [-0.05, 0) is 55.0 Å². The number of carboxylic acid groups (broad SMARTS) is 2. The minimum atomic E-state index is -1.83. The number of carbonyl (C=O) groups excluding carboxylic acids is 10. The number of aromatic amines is 1. The number of amides is 10. The Balaban J connectivity index is 1.55. The number of phenols is 1. The molecule has 4 rings (SSSR count). The van der Waals surface area contributed by atoms with Crippen molar-refractivity contribution in [2.45, 2.75) is 126 Å². The van der Waals surface area contributed by atoms with E-state index < -0.39 is 170 Å². The van der Waals surface area contributed by atoms with Crippen molar-refractivity contribution < 1.29 is 88.2 Å². The van der Waals surface area contributed by atoms with Crippen molar-refractivity contribution in [1.29, 1.82) is 0 Å². The quantitative estimate of drug-likeness (QED) is 0.0285. The molecule has 1 fully saturated rings. The van der Waals surface area contributed by atoms with Crippen molar-refractivity contribution >= 4 is 81.9 Å². The number of hydrogen-bond acceptors (Lipinski definition) is 17. The van der Waals surface area contributed by atoms with Crippen molar-refractivity contribution in [3.8, 4) is 5.75 Å². The topological polar surface area (TPSA) is 494 Å². The molecule has 2 heterocycles. The number of aromatic nitrogens is 1. The lowest BCUT2D eigenvalue weighted by Gasteiger charge is -2.31. The van der Waals surface area contributed by atoms with Gasteiger partial charge in [0, 0.05) is 36.5 Å². The molecule has 0 bridgehead atoms. The molecule has 10 amide bonds. The Kier molecular flexibility index (Phi) is 24.5. The van der Waals surface area contributed by atoms with Gasteiger partial charge in [0.1, 0.15) is 54.1 Å². The van der Waals surface area contributed by atoms with E-state index in [0.717, 1.165) is 11.8 Å². The number of aromatic hydroxyl groups is 1. The summed E-state index contributed by atoms with van der Waals surface area (Å²) in [5, 5.41) is 78.8. The maximum atomic E-state index is 14.4. The molecule has 2 aromatic carbocycles. The number of likely N-dealkylation sites (tertiary alicyclic amines) is 1. The SMILES string of the molecule is CC[C@H](C)[C@H](NC(=O)[C@H](CO)NC(=O)[C@H](CC(=O)O)NC(=O)CN)C(=O)N[C@@H](CO)C(=O)N1CCC[C@H]1C(=O)N[C@@H](CC(N)=O)C(=O)N[C@@H](Cc1ccc(O)cc1)C(=O)N[C@@H](Cc1c[nH]c2ccccc12)C(=O)N[C@H](C(=O)O)[C@@H](C)O. The van der Waals surface area contributed by atoms with Crippen molar-refractivity contribution in [3.63, 3.8) is 0 Å². The molecule has 81 heavy (non-hydrogen) atoms. The molecule has 11 atom stereocenters. The van der Waals surface area contributed by atoms with Crippen LogP contribution in [0.3, 0.4) is 0 Å². The van der Waals surface area contributed by atoms with Crippen LogP contribution < -0.4 is 54.0 Å². The van der Waals surface area contributed by atoms with Gasteiger partial charge < -0.3 is 94.5 Å². The van der Waals surface area contributed by atoms with Crippen LogP contribution in [0.4, 0.5) is 0 Å². The number of fused-ring (bicyclic) bond motifs is 1. The molecule has 0 saturated carbocycles. The number of primary amides is 1. The number of rotatable bonds is 31. The first-order chi connectivity index (χ1) is 38.3. The molecule has 1 aliphatic rings. The van der Waals surface area contributed by atoms with E-state index in [-0.39, 0.29) is 44.4 Å². The Morgan fingerprint density at radius 1 is 0.667 bits per heavy atom. The fourth-order valence-electron chi connectivity index (χ4n) is 8.68. The number of benzene rings is 2. The Labute approximate surface area is 462 Å². The van der Waals surface area contributed by atoms with Crippen molar-refractivity contribution in [2.24, 2.45) is 17.4 Å². The number of nitrogens with two attached hydrogens (primary N) is 2. The number of carboxylic acids is 2. The highest BCUT2D eigenvalue weighted by atomic mass is 16.4. The number of aliphatic hydroxyl groups excluding tert-OH is 3. The highest BCUT2D eigenvalue weighted by Gasteiger charge is 2.41. The van der Waals surface area contributed by atoms with Gasteiger partial charge in [-0.25, -0.2) is 4.79 Å². The second-order valence-corrected chi connectivity index (χ2v) is 19.3. The van der Waals surface area contributed by atoms with Gasteiger partial charge in [-0.2, -0.15) is 0 Å². The summed E-state index contributed by atoms with van der Waals surface area (Å²) < 4.78 is 0. The van der Waals surface area contributed by atoms with Gasteiger partial charge >= 0.3 is 11.9 Å². The van der Waals surface area contributed by atoms with Gasteiger partial charge in [-0.3, -0.25) is 52.7 Å². The standard InChI is InChI=1S/C51H70N12O18/c1-4-24(2)41(61-47(76)35(22-64)59-45(74)34(19-40(70)71)55-39(69)20-52)49(78)60-36(23-65)50(79)63-15-7-10-37(63)48(77)58-33(18-38(53)68)44(73)56-31(16-26-11-13-28(67)14-12-26)43(72)57-32(46(75)62-42(25(3)66)51(80)81)17-27-21-54-30-9-6-5-8-29(27)30/h5-6,8-9,11-14,21,24-25,31-37,41-42,54,64-67H,4,7,10,15-20,22-23,52H2,1-3H3,(H2,53,68)(H,55,69)(H,56,73)(H,57,72)(H,58,77)(H,59,74)(H,60,78)(H,61,76)(H,62,75)(H,70,71)(H,80,81)/t24-,25+,31-,32-,33-,34-,35-,36-,37-,41-,42-/m0/s1. The van der Waals surface area contributed by atoms with Gasteiger partial charge in [0.25, 0.3) is 0 Å². The van der Waals surface area contributed by atoms with Crippen molar-refractivity contribution in [2.75, 3.05) is 26.3 Å². The Morgan fingerprint density at radius 2 is 1.21 bits per heavy atom. The summed E-state index contributed by atoms with van der Waals surface area (Å²) in [5.41, 5.74) is 12.3. The first kappa shape index (κ1) is 64.8. The fraction of sp³-hybridized carbons (Fsp3) is 0.490. The molecule has 1 aromatic heterocycles. The minimum Gasteiger partial charge on any atom is -0.508 e. The normalized spacial score (nSPS) is 16.7. The summed E-state index contributed by atoms with van der Waals surface area (Å²) >= 11 is 0. The molecule has 19 N–H and O–H groups in total. The van der Waals surface area contributed by atoms with E-state index in [4.69, 9.17) is 11.5 Å². The van der Waals surface area contributed by atoms with Crippen LogP contribution in [0.15, 0.2) is 54.7 Å². The van der Waals surface area contributed by atoms with Gasteiger partial charge in [-0.1, -0.05) is 50.6 Å². The number of nitrogens with zero attached hydrogens (tertiary/aromatic N) is 1. The number of H-pyrrole nitrogens is 1. The average molecular weight is 1140 g/mol. The number of phenolic OH excluding ortho intramolecular Hbond substituents is 1. The molecular formula is C51H70N12O18. The molecule has 1 aliphatic heterocycles. The summed E-state index contributed by atoms with van der Waals surface area (Å²) in [6.45, 7) is 1.45. The number of para-hydroxylation sites is 1. The minimum absolute atomic E-state index is 0.0405. The molecule has 30 nitrogen and oxygen atoms in total. The van der Waals surface area contributed by atoms with Crippen LogP contribution in [0.25, 0.3) is 10.9 Å². The molecule has 442 valence electrons. The second-order valence-electron chi connectivity index (χ2n) is 19.3. The molecule has 30 heteroatoms. The third-order valence-electron chi connectivity index (χ3n) is 13.3. The lowest BCUT2D eigenvalue weighted by atomic mass is 9.97. The van der Waals surface area contributed by atoms with E-state index >= 15 is 0 Å². The Bertz CT molecular complexity index is 2770. The Hall–Kier alpha value is -8.74. The highest BCUT2D eigenvalue weighted by molar-refractivity contribution is 6.00. The average Bonchev–Trinajstić information content (AvgIpc) is 4.10. The number of nitrogens with one attached hydrogen (secondary N) is 9. The largest absolute Gasteiger partial charge is 0.508 e. The molecular weight excluding hydrogens is 1070 g/mol. The molecule has 0 unspecified atom stereocenters. The molecule has 0 aliphatic carbocycles. The van der Waals surface area contributed by atoms with Crippen LogP contribution in [0, 0.1) is 5.92 Å². The van der Waals surface area contributed by atoms with Crippen LogP contribution in [0.5, 0.6) is 5.75 Å². The van der Waals surface area contributed by atoms with Crippen molar-refractivity contribution in [3.05, 3.63) is 65.9 Å². The Morgan fingerprint density at radius 3 is 1.78 bits per heavy atom. The maximum absolute atomic E-state index is 14.4. The number of aliphatic carboxylic acids is 2. The first-order valence-corrected chi connectivity index (χ1v) is 25.7. The summed E-state index contributed by atoms with van der Waals surface area (Å²) in [4.78, 5) is 163. The van der Waals surface area contributed by atoms with Gasteiger partial charge in [-0.15, -0.1) is 0 Å². The third kappa shape index (κ3) is 18.7. The van der Waals surface area contributed by atoms with E-state index in [0.29, 0.717) is 22.0 Å².